The molecule has 0 amide bonds. The maximum absolute atomic E-state index is 12.9. The van der Waals surface area contributed by atoms with E-state index in [1.165, 1.54) is 12.1 Å². The molecular weight excluding hydrogens is 448 g/mol. The average molecular weight is 481 g/mol. The molecule has 26 heavy (non-hydrogen) atoms. The van der Waals surface area contributed by atoms with Crippen LogP contribution in [0.5, 0.6) is 5.75 Å². The standard InChI is InChI=1S/C19H32FN3O2.HI/c1-4-6-16(11-13-24)15-22-19(21-5-2)23(3)12-14-25-18-9-7-17(20)8-10-18;/h7-10,16,24H,4-6,11-15H2,1-3H3,(H,21,22);1H. The van der Waals surface area contributed by atoms with E-state index >= 15 is 0 Å². The maximum Gasteiger partial charge on any atom is 0.193 e. The minimum atomic E-state index is -0.268. The number of hydrogen-bond acceptors (Lipinski definition) is 3. The minimum absolute atomic E-state index is 0. The predicted octanol–water partition coefficient (Wildman–Crippen LogP) is 3.52. The van der Waals surface area contributed by atoms with Crippen LogP contribution in [0, 0.1) is 11.7 Å². The first-order valence-corrected chi connectivity index (χ1v) is 9.09. The van der Waals surface area contributed by atoms with Gasteiger partial charge in [-0.1, -0.05) is 13.3 Å². The topological polar surface area (TPSA) is 57.1 Å². The Labute approximate surface area is 174 Å². The van der Waals surface area contributed by atoms with Gasteiger partial charge in [0, 0.05) is 26.7 Å². The van der Waals surface area contributed by atoms with Gasteiger partial charge in [-0.2, -0.15) is 0 Å². The Morgan fingerprint density at radius 3 is 2.54 bits per heavy atom. The first-order chi connectivity index (χ1) is 12.1. The first-order valence-electron chi connectivity index (χ1n) is 9.09. The number of aliphatic imine (C=N–C) groups is 1. The van der Waals surface area contributed by atoms with Crippen LogP contribution >= 0.6 is 24.0 Å². The molecule has 150 valence electrons. The highest BCUT2D eigenvalue weighted by molar-refractivity contribution is 14.0. The number of likely N-dealkylation sites (N-methyl/N-ethyl adjacent to an activating group) is 1. The number of ether oxygens (including phenoxy) is 1. The van der Waals surface area contributed by atoms with Crippen LogP contribution in [0.4, 0.5) is 4.39 Å². The molecule has 2 N–H and O–H groups in total. The van der Waals surface area contributed by atoms with Crippen LogP contribution in [0.3, 0.4) is 0 Å². The summed E-state index contributed by atoms with van der Waals surface area (Å²) in [4.78, 5) is 6.73. The summed E-state index contributed by atoms with van der Waals surface area (Å²) in [5.41, 5.74) is 0. The number of hydrogen-bond donors (Lipinski definition) is 2. The fourth-order valence-electron chi connectivity index (χ4n) is 2.54. The summed E-state index contributed by atoms with van der Waals surface area (Å²) in [5, 5.41) is 12.5. The number of halogens is 2. The van der Waals surface area contributed by atoms with E-state index in [0.717, 1.165) is 31.8 Å². The van der Waals surface area contributed by atoms with Crippen molar-refractivity contribution in [1.29, 1.82) is 0 Å². The molecule has 0 aliphatic heterocycles. The van der Waals surface area contributed by atoms with Gasteiger partial charge in [0.25, 0.3) is 0 Å². The van der Waals surface area contributed by atoms with Crippen molar-refractivity contribution in [1.82, 2.24) is 10.2 Å². The number of nitrogens with one attached hydrogen (secondary N) is 1. The van der Waals surface area contributed by atoms with Crippen molar-refractivity contribution in [3.8, 4) is 5.75 Å². The van der Waals surface area contributed by atoms with E-state index in [1.807, 2.05) is 18.9 Å². The van der Waals surface area contributed by atoms with Gasteiger partial charge in [0.2, 0.25) is 0 Å². The predicted molar refractivity (Wildman–Crippen MR) is 116 cm³/mol. The quantitative estimate of drug-likeness (QED) is 0.289. The smallest absolute Gasteiger partial charge is 0.193 e. The number of benzene rings is 1. The molecule has 0 saturated carbocycles. The first kappa shape index (κ1) is 24.9. The molecule has 0 aromatic heterocycles. The second-order valence-corrected chi connectivity index (χ2v) is 6.09. The zero-order valence-electron chi connectivity index (χ0n) is 16.1. The molecule has 1 aromatic rings. The van der Waals surface area contributed by atoms with E-state index in [-0.39, 0.29) is 36.4 Å². The van der Waals surface area contributed by atoms with Crippen molar-refractivity contribution in [2.45, 2.75) is 33.1 Å². The molecule has 1 rings (SSSR count). The van der Waals surface area contributed by atoms with Crippen molar-refractivity contribution in [3.05, 3.63) is 30.1 Å². The van der Waals surface area contributed by atoms with Crippen LogP contribution in [0.1, 0.15) is 33.1 Å². The number of rotatable bonds is 11. The number of aliphatic hydroxyl groups excluding tert-OH is 1. The second-order valence-electron chi connectivity index (χ2n) is 6.09. The third kappa shape index (κ3) is 10.2. The lowest BCUT2D eigenvalue weighted by Gasteiger charge is -2.23. The van der Waals surface area contributed by atoms with Gasteiger partial charge in [0.15, 0.2) is 5.96 Å². The Kier molecular flexibility index (Phi) is 14.4. The van der Waals surface area contributed by atoms with Gasteiger partial charge in [0.1, 0.15) is 18.2 Å². The highest BCUT2D eigenvalue weighted by Crippen LogP contribution is 2.12. The van der Waals surface area contributed by atoms with E-state index < -0.39 is 0 Å². The molecule has 0 heterocycles. The maximum atomic E-state index is 12.9. The molecule has 0 bridgehead atoms. The van der Waals surface area contributed by atoms with Crippen LogP contribution in [-0.2, 0) is 0 Å². The van der Waals surface area contributed by atoms with Crippen LogP contribution in [-0.4, -0.2) is 55.9 Å². The molecule has 0 fully saturated rings. The highest BCUT2D eigenvalue weighted by atomic mass is 127. The Morgan fingerprint density at radius 2 is 1.96 bits per heavy atom. The second kappa shape index (κ2) is 15.0. The third-order valence-electron chi connectivity index (χ3n) is 3.94. The monoisotopic (exact) mass is 481 g/mol. The highest BCUT2D eigenvalue weighted by Gasteiger charge is 2.10. The number of guanidine groups is 1. The minimum Gasteiger partial charge on any atom is -0.492 e. The van der Waals surface area contributed by atoms with E-state index in [9.17, 15) is 4.39 Å². The summed E-state index contributed by atoms with van der Waals surface area (Å²) < 4.78 is 18.5. The van der Waals surface area contributed by atoms with Gasteiger partial charge < -0.3 is 20.1 Å². The van der Waals surface area contributed by atoms with Crippen molar-refractivity contribution in [2.75, 3.05) is 39.9 Å². The summed E-state index contributed by atoms with van der Waals surface area (Å²) in [6.45, 7) is 7.05. The van der Waals surface area contributed by atoms with Crippen molar-refractivity contribution < 1.29 is 14.2 Å². The zero-order valence-corrected chi connectivity index (χ0v) is 18.4. The molecule has 0 aliphatic rings. The molecule has 1 unspecified atom stereocenters. The summed E-state index contributed by atoms with van der Waals surface area (Å²) in [6.07, 6.45) is 2.95. The summed E-state index contributed by atoms with van der Waals surface area (Å²) in [5.74, 6) is 1.63. The summed E-state index contributed by atoms with van der Waals surface area (Å²) in [6, 6.07) is 6.02. The van der Waals surface area contributed by atoms with Gasteiger partial charge in [-0.25, -0.2) is 4.39 Å². The average Bonchev–Trinajstić information content (AvgIpc) is 2.60. The fourth-order valence-corrected chi connectivity index (χ4v) is 2.54. The van der Waals surface area contributed by atoms with E-state index in [2.05, 4.69) is 12.2 Å². The zero-order chi connectivity index (χ0) is 18.5. The van der Waals surface area contributed by atoms with E-state index in [1.54, 1.807) is 12.1 Å². The lowest BCUT2D eigenvalue weighted by molar-refractivity contribution is 0.253. The largest absolute Gasteiger partial charge is 0.492 e. The molecule has 0 aliphatic carbocycles. The van der Waals surface area contributed by atoms with E-state index in [0.29, 0.717) is 31.4 Å². The molecule has 0 radical (unpaired) electrons. The Hall–Kier alpha value is -1.09. The van der Waals surface area contributed by atoms with Crippen molar-refractivity contribution >= 4 is 29.9 Å². The summed E-state index contributed by atoms with van der Waals surface area (Å²) in [7, 11) is 1.97. The van der Waals surface area contributed by atoms with Crippen molar-refractivity contribution in [3.63, 3.8) is 0 Å². The van der Waals surface area contributed by atoms with Gasteiger partial charge in [-0.05, 0) is 49.9 Å². The molecule has 0 spiro atoms. The van der Waals surface area contributed by atoms with Crippen molar-refractivity contribution in [2.24, 2.45) is 10.9 Å². The molecule has 0 saturated heterocycles. The molecular formula is C19H33FIN3O2. The molecule has 1 aromatic carbocycles. The Morgan fingerprint density at radius 1 is 1.27 bits per heavy atom. The molecule has 1 atom stereocenters. The fraction of sp³-hybridized carbons (Fsp3) is 0.632. The third-order valence-corrected chi connectivity index (χ3v) is 3.94. The van der Waals surface area contributed by atoms with Gasteiger partial charge in [-0.3, -0.25) is 4.99 Å². The normalized spacial score (nSPS) is 12.3. The van der Waals surface area contributed by atoms with Crippen LogP contribution in [0.15, 0.2) is 29.3 Å². The molecule has 5 nitrogen and oxygen atoms in total. The van der Waals surface area contributed by atoms with Gasteiger partial charge in [-0.15, -0.1) is 24.0 Å². The molecule has 7 heteroatoms. The van der Waals surface area contributed by atoms with Gasteiger partial charge >= 0.3 is 0 Å². The van der Waals surface area contributed by atoms with Crippen LogP contribution in [0.25, 0.3) is 0 Å². The lowest BCUT2D eigenvalue weighted by atomic mass is 10.0. The number of aliphatic hydroxyl groups is 1. The number of nitrogens with zero attached hydrogens (tertiary/aromatic N) is 2. The lowest BCUT2D eigenvalue weighted by Crippen LogP contribution is -2.41. The van der Waals surface area contributed by atoms with Crippen LogP contribution in [0.2, 0.25) is 0 Å². The van der Waals surface area contributed by atoms with Gasteiger partial charge in [0.05, 0.1) is 6.54 Å². The summed E-state index contributed by atoms with van der Waals surface area (Å²) >= 11 is 0. The van der Waals surface area contributed by atoms with E-state index in [4.69, 9.17) is 14.8 Å². The Bertz CT molecular complexity index is 494. The SMILES string of the molecule is CCCC(CCO)CN=C(NCC)N(C)CCOc1ccc(F)cc1.I. The van der Waals surface area contributed by atoms with Crippen LogP contribution < -0.4 is 10.1 Å². The Balaban J connectivity index is 0.00000625.